The van der Waals surface area contributed by atoms with E-state index < -0.39 is 6.04 Å². The van der Waals surface area contributed by atoms with E-state index in [1.165, 1.54) is 6.92 Å². The highest BCUT2D eigenvalue weighted by Gasteiger charge is 2.26. The summed E-state index contributed by atoms with van der Waals surface area (Å²) in [6.07, 6.45) is 0.734. The molecule has 1 heterocycles. The molecule has 6 nitrogen and oxygen atoms in total. The fourth-order valence-electron chi connectivity index (χ4n) is 1.93. The molecule has 0 spiro atoms. The number of nitrogens with one attached hydrogen (secondary N) is 3. The van der Waals surface area contributed by atoms with Gasteiger partial charge in [-0.3, -0.25) is 19.7 Å². The molecule has 0 aromatic heterocycles. The normalized spacial score (nSPS) is 18.4. The highest BCUT2D eigenvalue weighted by atomic mass is 35.5. The lowest BCUT2D eigenvalue weighted by atomic mass is 10.1. The molecule has 106 valence electrons. The van der Waals surface area contributed by atoms with Crippen LogP contribution in [-0.2, 0) is 14.4 Å². The molecule has 1 unspecified atom stereocenters. The molecule has 3 amide bonds. The van der Waals surface area contributed by atoms with Crippen LogP contribution in [0.3, 0.4) is 0 Å². The molecular weight excluding hydrogens is 282 g/mol. The fraction of sp³-hybridized carbons (Fsp3) is 0.308. The Kier molecular flexibility index (Phi) is 4.24. The molecule has 3 N–H and O–H groups in total. The maximum absolute atomic E-state index is 11.6. The largest absolute Gasteiger partial charge is 0.374 e. The molecule has 0 bridgehead atoms. The van der Waals surface area contributed by atoms with Crippen molar-refractivity contribution in [2.24, 2.45) is 0 Å². The van der Waals surface area contributed by atoms with Gasteiger partial charge in [0.05, 0.1) is 10.7 Å². The SMILES string of the molecule is CC(=O)Nc1cc(NC2CCC(=O)NC2=O)ccc1Cl. The Morgan fingerprint density at radius 2 is 2.15 bits per heavy atom. The van der Waals surface area contributed by atoms with Crippen LogP contribution >= 0.6 is 11.6 Å². The molecule has 0 radical (unpaired) electrons. The van der Waals surface area contributed by atoms with Gasteiger partial charge >= 0.3 is 0 Å². The van der Waals surface area contributed by atoms with Gasteiger partial charge in [-0.25, -0.2) is 0 Å². The average Bonchev–Trinajstić information content (AvgIpc) is 2.36. The molecule has 0 saturated carbocycles. The van der Waals surface area contributed by atoms with Crippen molar-refractivity contribution in [3.63, 3.8) is 0 Å². The summed E-state index contributed by atoms with van der Waals surface area (Å²) >= 11 is 5.96. The zero-order valence-electron chi connectivity index (χ0n) is 10.8. The predicted molar refractivity (Wildman–Crippen MR) is 75.6 cm³/mol. The van der Waals surface area contributed by atoms with Crippen LogP contribution in [0.2, 0.25) is 5.02 Å². The maximum atomic E-state index is 11.6. The van der Waals surface area contributed by atoms with Gasteiger partial charge in [-0.15, -0.1) is 0 Å². The second kappa shape index (κ2) is 5.92. The van der Waals surface area contributed by atoms with Crippen molar-refractivity contribution in [2.75, 3.05) is 10.6 Å². The summed E-state index contributed by atoms with van der Waals surface area (Å²) in [6, 6.07) is 4.50. The number of amides is 3. The molecule has 20 heavy (non-hydrogen) atoms. The van der Waals surface area contributed by atoms with E-state index in [1.54, 1.807) is 18.2 Å². The molecule has 0 aliphatic carbocycles. The molecule has 2 rings (SSSR count). The Balaban J connectivity index is 2.11. The number of rotatable bonds is 3. The minimum absolute atomic E-state index is 0.231. The minimum atomic E-state index is -0.473. The van der Waals surface area contributed by atoms with E-state index in [1.807, 2.05) is 0 Å². The summed E-state index contributed by atoms with van der Waals surface area (Å²) in [4.78, 5) is 33.8. The second-order valence-corrected chi connectivity index (χ2v) is 4.93. The van der Waals surface area contributed by atoms with Crippen molar-refractivity contribution in [3.05, 3.63) is 23.2 Å². The van der Waals surface area contributed by atoms with Crippen LogP contribution in [0.25, 0.3) is 0 Å². The van der Waals surface area contributed by atoms with Gasteiger partial charge in [-0.1, -0.05) is 11.6 Å². The number of halogens is 1. The lowest BCUT2D eigenvalue weighted by Crippen LogP contribution is -2.47. The number of anilines is 2. The van der Waals surface area contributed by atoms with Crippen LogP contribution in [-0.4, -0.2) is 23.8 Å². The van der Waals surface area contributed by atoms with E-state index in [-0.39, 0.29) is 17.7 Å². The molecule has 1 atom stereocenters. The summed E-state index contributed by atoms with van der Waals surface area (Å²) in [5, 5.41) is 8.30. The molecule has 1 fully saturated rings. The van der Waals surface area contributed by atoms with Crippen LogP contribution in [0.5, 0.6) is 0 Å². The minimum Gasteiger partial charge on any atom is -0.374 e. The average molecular weight is 296 g/mol. The van der Waals surface area contributed by atoms with Crippen LogP contribution < -0.4 is 16.0 Å². The van der Waals surface area contributed by atoms with E-state index in [4.69, 9.17) is 11.6 Å². The van der Waals surface area contributed by atoms with Gasteiger partial charge in [0.25, 0.3) is 0 Å². The Morgan fingerprint density at radius 3 is 2.80 bits per heavy atom. The smallest absolute Gasteiger partial charge is 0.249 e. The monoisotopic (exact) mass is 295 g/mol. The highest BCUT2D eigenvalue weighted by Crippen LogP contribution is 2.26. The first-order valence-electron chi connectivity index (χ1n) is 6.13. The van der Waals surface area contributed by atoms with E-state index in [2.05, 4.69) is 16.0 Å². The van der Waals surface area contributed by atoms with Gasteiger partial charge in [0.1, 0.15) is 6.04 Å². The number of hydrogen-bond donors (Lipinski definition) is 3. The van der Waals surface area contributed by atoms with Crippen LogP contribution in [0.4, 0.5) is 11.4 Å². The summed E-state index contributed by atoms with van der Waals surface area (Å²) in [6.45, 7) is 1.39. The van der Waals surface area contributed by atoms with Gasteiger partial charge in [-0.05, 0) is 24.6 Å². The lowest BCUT2D eigenvalue weighted by molar-refractivity contribution is -0.133. The van der Waals surface area contributed by atoms with Gasteiger partial charge in [0, 0.05) is 19.0 Å². The fourth-order valence-corrected chi connectivity index (χ4v) is 2.10. The molecule has 7 heteroatoms. The van der Waals surface area contributed by atoms with Crippen molar-refractivity contribution < 1.29 is 14.4 Å². The van der Waals surface area contributed by atoms with E-state index in [0.29, 0.717) is 29.2 Å². The molecule has 1 aromatic rings. The van der Waals surface area contributed by atoms with Gasteiger partial charge in [0.2, 0.25) is 17.7 Å². The van der Waals surface area contributed by atoms with Crippen LogP contribution in [0.1, 0.15) is 19.8 Å². The van der Waals surface area contributed by atoms with Gasteiger partial charge in [0.15, 0.2) is 0 Å². The zero-order valence-corrected chi connectivity index (χ0v) is 11.6. The lowest BCUT2D eigenvalue weighted by Gasteiger charge is -2.23. The number of imide groups is 1. The topological polar surface area (TPSA) is 87.3 Å². The first-order valence-corrected chi connectivity index (χ1v) is 6.51. The standard InChI is InChI=1S/C13H14ClN3O3/c1-7(18)15-11-6-8(2-3-9(11)14)16-10-4-5-12(19)17-13(10)20/h2-3,6,10,16H,4-5H2,1H3,(H,15,18)(H,17,19,20). The quantitative estimate of drug-likeness (QED) is 0.738. The van der Waals surface area contributed by atoms with Crippen molar-refractivity contribution in [2.45, 2.75) is 25.8 Å². The Bertz CT molecular complexity index is 574. The van der Waals surface area contributed by atoms with Gasteiger partial charge in [-0.2, -0.15) is 0 Å². The van der Waals surface area contributed by atoms with Gasteiger partial charge < -0.3 is 10.6 Å². The number of benzene rings is 1. The first-order chi connectivity index (χ1) is 9.45. The molecule has 1 aromatic carbocycles. The highest BCUT2D eigenvalue weighted by molar-refractivity contribution is 6.33. The first kappa shape index (κ1) is 14.3. The molecule has 1 saturated heterocycles. The predicted octanol–water partition coefficient (Wildman–Crippen LogP) is 1.52. The van der Waals surface area contributed by atoms with E-state index in [0.717, 1.165) is 0 Å². The van der Waals surface area contributed by atoms with Crippen LogP contribution in [0.15, 0.2) is 18.2 Å². The van der Waals surface area contributed by atoms with E-state index in [9.17, 15) is 14.4 Å². The Hall–Kier alpha value is -2.08. The van der Waals surface area contributed by atoms with Crippen LogP contribution in [0, 0.1) is 0 Å². The maximum Gasteiger partial charge on any atom is 0.249 e. The summed E-state index contributed by atoms with van der Waals surface area (Å²) in [5.74, 6) is -0.842. The van der Waals surface area contributed by atoms with Crippen molar-refractivity contribution in [1.29, 1.82) is 0 Å². The van der Waals surface area contributed by atoms with Crippen molar-refractivity contribution >= 4 is 40.7 Å². The third kappa shape index (κ3) is 3.48. The number of piperidine rings is 1. The third-order valence-electron chi connectivity index (χ3n) is 2.86. The summed E-state index contributed by atoms with van der Waals surface area (Å²) in [5.41, 5.74) is 1.11. The molecule has 1 aliphatic rings. The summed E-state index contributed by atoms with van der Waals surface area (Å²) < 4.78 is 0. The Labute approximate surface area is 120 Å². The number of carbonyl (C=O) groups excluding carboxylic acids is 3. The number of hydrogen-bond acceptors (Lipinski definition) is 4. The second-order valence-electron chi connectivity index (χ2n) is 4.52. The zero-order chi connectivity index (χ0) is 14.7. The summed E-state index contributed by atoms with van der Waals surface area (Å²) in [7, 11) is 0. The third-order valence-corrected chi connectivity index (χ3v) is 3.19. The number of carbonyl (C=O) groups is 3. The Morgan fingerprint density at radius 1 is 1.40 bits per heavy atom. The van der Waals surface area contributed by atoms with E-state index >= 15 is 0 Å². The molecular formula is C13H14ClN3O3. The van der Waals surface area contributed by atoms with Crippen molar-refractivity contribution in [3.8, 4) is 0 Å². The van der Waals surface area contributed by atoms with Crippen molar-refractivity contribution in [1.82, 2.24) is 5.32 Å². The molecule has 1 aliphatic heterocycles.